The van der Waals surface area contributed by atoms with Crippen molar-refractivity contribution in [2.45, 2.75) is 182 Å². The molecular formula is C103H111Cl5N10O17S3. The van der Waals surface area contributed by atoms with Gasteiger partial charge in [-0.2, -0.15) is 26.0 Å². The van der Waals surface area contributed by atoms with Crippen LogP contribution in [0.2, 0.25) is 20.1 Å². The van der Waals surface area contributed by atoms with Crippen molar-refractivity contribution < 1.29 is 76.7 Å². The van der Waals surface area contributed by atoms with E-state index in [1.54, 1.807) is 38.4 Å². The Morgan fingerprint density at radius 1 is 0.399 bits per heavy atom. The molecule has 4 heterocycles. The Morgan fingerprint density at radius 2 is 0.754 bits per heavy atom. The van der Waals surface area contributed by atoms with E-state index in [1.807, 2.05) is 167 Å². The molecule has 0 aliphatic rings. The van der Waals surface area contributed by atoms with Crippen LogP contribution >= 0.6 is 58.0 Å². The van der Waals surface area contributed by atoms with Gasteiger partial charge in [0.25, 0.3) is 0 Å². The lowest BCUT2D eigenvalue weighted by Gasteiger charge is -2.27. The molecule has 0 spiro atoms. The number of rotatable bonds is 41. The van der Waals surface area contributed by atoms with E-state index in [1.165, 1.54) is 19.6 Å². The van der Waals surface area contributed by atoms with Crippen molar-refractivity contribution in [3.05, 3.63) is 309 Å². The van der Waals surface area contributed by atoms with Gasteiger partial charge in [0, 0.05) is 51.8 Å². The molecule has 8 aromatic carbocycles. The Labute approximate surface area is 833 Å². The minimum absolute atomic E-state index is 0.0325. The van der Waals surface area contributed by atoms with Gasteiger partial charge < -0.3 is 51.5 Å². The summed E-state index contributed by atoms with van der Waals surface area (Å²) in [6, 6.07) is 55.8. The Morgan fingerprint density at radius 3 is 1.10 bits per heavy atom. The third-order valence-electron chi connectivity index (χ3n) is 22.2. The maximum Gasteiger partial charge on any atom is 0.393 e. The molecule has 0 saturated carbocycles. The zero-order chi connectivity index (χ0) is 101. The predicted molar refractivity (Wildman–Crippen MR) is 533 cm³/mol. The van der Waals surface area contributed by atoms with Gasteiger partial charge in [0.2, 0.25) is 5.89 Å². The summed E-state index contributed by atoms with van der Waals surface area (Å²) in [5.41, 5.74) is 10.2. The number of hydrogen-bond donors (Lipinski definition) is 0. The number of nitriles is 4. The largest absolute Gasteiger partial charge is 0.491 e. The molecule has 4 aromatic heterocycles. The van der Waals surface area contributed by atoms with Crippen LogP contribution in [0.1, 0.15) is 222 Å². The summed E-state index contributed by atoms with van der Waals surface area (Å²) in [5, 5.41) is 40.1. The summed E-state index contributed by atoms with van der Waals surface area (Å²) in [6.07, 6.45) is 9.93. The first-order valence-electron chi connectivity index (χ1n) is 44.1. The summed E-state index contributed by atoms with van der Waals surface area (Å²) in [7, 11) is -8.16. The van der Waals surface area contributed by atoms with Crippen LogP contribution < -0.4 is 42.6 Å². The molecule has 138 heavy (non-hydrogen) atoms. The van der Waals surface area contributed by atoms with Crippen LogP contribution in [-0.2, 0) is 94.9 Å². The maximum absolute atomic E-state index is 11.8. The number of methoxy groups -OCH3 is 1. The molecule has 0 saturated heterocycles. The normalized spacial score (nSPS) is 11.6. The van der Waals surface area contributed by atoms with Crippen LogP contribution in [0.25, 0.3) is 0 Å². The molecule has 0 amide bonds. The summed E-state index contributed by atoms with van der Waals surface area (Å²) >= 11 is 31.5. The molecule has 35 heteroatoms. The molecular weight excluding hydrogens is 1920 g/mol. The van der Waals surface area contributed by atoms with Gasteiger partial charge >= 0.3 is 6.08 Å². The van der Waals surface area contributed by atoms with E-state index in [4.69, 9.17) is 109 Å². The van der Waals surface area contributed by atoms with Crippen LogP contribution in [0.4, 0.5) is 0 Å². The number of halogens is 5. The maximum atomic E-state index is 11.8. The molecule has 0 atom stereocenters. The Hall–Kier alpha value is -12.2. The second-order valence-electron chi connectivity index (χ2n) is 34.0. The summed E-state index contributed by atoms with van der Waals surface area (Å²) in [5.74, 6) is 5.23. The second kappa shape index (κ2) is 49.9. The quantitative estimate of drug-likeness (QED) is 0.0321. The molecule has 0 radical (unpaired) electrons. The first kappa shape index (κ1) is 109. The van der Waals surface area contributed by atoms with Gasteiger partial charge in [-0.3, -0.25) is 0 Å². The van der Waals surface area contributed by atoms with Crippen LogP contribution in [-0.4, -0.2) is 112 Å². The molecule has 12 rings (SSSR count). The molecule has 0 N–H and O–H groups in total. The standard InChI is InChI=1S/2C27H30ClN3O4S.C26H29ClN2O5S.C23H22Cl2N2O4/c1-6-11-34-26-19(14-29)12-21(13-23(26)28)27(3,4)20-7-9-22(10-8-20)35-16-24-18(2)15-30-25(31-24)17-36(5,32)33;1-5-13-34-26-19(16-29)14-21(15-24(26)28)27(3,4)20-7-9-23(10-8-20)35-17-22-11-12-30-25(31-22)18-36(32,33)6-2;1-5-11-32-25-18(14-28)12-20(13-23(25)27)26(3,4)19-7-9-22(10-8-19)33-15-21-16-34-24(29-21)17-35(30,31)6-2;1-23(2,17-10-15(12-26)21(20(25)11-17)29-9-8-24)16-4-6-18(7-5-16)30-14-19-13-27-22(28-3)31-19/h7-10,12-13,15H,6,11,16-17H2,1-5H3;7-12,14-15H,5-6,13,17-18H2,1-4H3;7-10,12-13,16H,5-6,11,15,17H2,1-4H3;4-7,10-11,13H,8-9,14H2,1-3H3. The molecule has 0 unspecified atom stereocenters. The van der Waals surface area contributed by atoms with Gasteiger partial charge in [-0.1, -0.05) is 185 Å². The lowest BCUT2D eigenvalue weighted by molar-refractivity contribution is 0.235. The summed E-state index contributed by atoms with van der Waals surface area (Å²) < 4.78 is 132. The average molecular weight is 2030 g/mol. The lowest BCUT2D eigenvalue weighted by atomic mass is 9.77. The topological polar surface area (TPSA) is 384 Å². The number of oxazole rings is 2. The van der Waals surface area contributed by atoms with Crippen LogP contribution in [0.15, 0.2) is 185 Å². The zero-order valence-electron chi connectivity index (χ0n) is 79.8. The van der Waals surface area contributed by atoms with Gasteiger partial charge in [-0.15, -0.1) is 11.6 Å². The minimum atomic E-state index is -3.23. The van der Waals surface area contributed by atoms with E-state index in [9.17, 15) is 46.3 Å². The Bertz CT molecular complexity index is 6720. The molecule has 0 aliphatic carbocycles. The Kier molecular flexibility index (Phi) is 39.6. The molecule has 0 aliphatic heterocycles. The van der Waals surface area contributed by atoms with E-state index in [2.05, 4.69) is 110 Å². The number of nitrogens with zero attached hydrogens (tertiary/aromatic N) is 10. The van der Waals surface area contributed by atoms with Crippen molar-refractivity contribution in [1.29, 1.82) is 21.0 Å². The second-order valence-corrected chi connectivity index (χ2v) is 42.8. The van der Waals surface area contributed by atoms with Gasteiger partial charge in [-0.05, 0) is 179 Å². The van der Waals surface area contributed by atoms with E-state index in [0.29, 0.717) is 137 Å². The molecule has 728 valence electrons. The molecule has 12 aromatic rings. The molecule has 27 nitrogen and oxygen atoms in total. The van der Waals surface area contributed by atoms with Crippen molar-refractivity contribution in [3.63, 3.8) is 0 Å². The molecule has 0 bridgehead atoms. The third kappa shape index (κ3) is 30.4. The van der Waals surface area contributed by atoms with Crippen LogP contribution in [0.3, 0.4) is 0 Å². The van der Waals surface area contributed by atoms with Crippen LogP contribution in [0, 0.1) is 52.2 Å². The number of alkyl halides is 1. The molecule has 0 fully saturated rings. The van der Waals surface area contributed by atoms with Crippen LogP contribution in [0.5, 0.6) is 52.1 Å². The summed E-state index contributed by atoms with van der Waals surface area (Å²) in [6.45, 7) is 30.1. The van der Waals surface area contributed by atoms with Crippen molar-refractivity contribution in [3.8, 4) is 76.3 Å². The summed E-state index contributed by atoms with van der Waals surface area (Å²) in [4.78, 5) is 24.9. The predicted octanol–water partition coefficient (Wildman–Crippen LogP) is 22.7. The van der Waals surface area contributed by atoms with Gasteiger partial charge in [0.1, 0.15) is 121 Å². The number of sulfone groups is 3. The fraction of sp³-hybridized carbons (Fsp3) is 0.359. The SMILES string of the molecule is CCCOc1c(Cl)cc(C(C)(C)c2ccc(OCc3ccnc(CS(=O)(=O)CC)n3)cc2)cc1C#N.CCCOc1c(Cl)cc(C(C)(C)c2ccc(OCc3coc(CS(=O)(=O)CC)n3)cc2)cc1C#N.CCCOc1c(Cl)cc(C(C)(C)c2ccc(OCc3nc(CS(C)(=O)=O)ncc3C)cc2)cc1C#N.COc1ncc(COc2ccc(C(C)(C)c3cc(Cl)c(OCCCl)c(C#N)c3)cc2)o1. The Balaban J connectivity index is 0.000000206. The zero-order valence-corrected chi connectivity index (χ0v) is 86.0. The van der Waals surface area contributed by atoms with E-state index >= 15 is 0 Å². The number of hydrogen-bond acceptors (Lipinski definition) is 27. The van der Waals surface area contributed by atoms with Gasteiger partial charge in [-0.25, -0.2) is 50.2 Å². The van der Waals surface area contributed by atoms with Crippen molar-refractivity contribution >= 4 is 87.5 Å². The highest BCUT2D eigenvalue weighted by atomic mass is 35.5. The highest BCUT2D eigenvalue weighted by Crippen LogP contribution is 2.44. The fourth-order valence-corrected chi connectivity index (χ4v) is 17.0. The number of aryl methyl sites for hydroxylation is 1. The van der Waals surface area contributed by atoms with Crippen molar-refractivity contribution in [1.82, 2.24) is 29.9 Å². The van der Waals surface area contributed by atoms with Crippen molar-refractivity contribution in [2.75, 3.05) is 57.2 Å². The highest BCUT2D eigenvalue weighted by Gasteiger charge is 2.32. The van der Waals surface area contributed by atoms with Gasteiger partial charge in [0.05, 0.1) is 92.7 Å². The first-order chi connectivity index (χ1) is 65.5. The number of ether oxygens (including phenoxy) is 9. The van der Waals surface area contributed by atoms with Crippen molar-refractivity contribution in [2.24, 2.45) is 0 Å². The smallest absolute Gasteiger partial charge is 0.393 e. The number of benzene rings is 8. The third-order valence-corrected chi connectivity index (χ3v) is 27.4. The fourth-order valence-electron chi connectivity index (χ4n) is 13.7. The minimum Gasteiger partial charge on any atom is -0.491 e. The average Bonchev–Trinajstić information content (AvgIpc) is 1.17. The highest BCUT2D eigenvalue weighted by molar-refractivity contribution is 7.90. The monoisotopic (exact) mass is 2030 g/mol. The van der Waals surface area contributed by atoms with E-state index < -0.39 is 51.2 Å². The van der Waals surface area contributed by atoms with Gasteiger partial charge in [0.15, 0.2) is 58.3 Å². The first-order valence-corrected chi connectivity index (χ1v) is 51.9. The number of aromatic nitrogens is 6. The van der Waals surface area contributed by atoms with E-state index in [-0.39, 0.29) is 85.4 Å². The van der Waals surface area contributed by atoms with E-state index in [0.717, 1.165) is 75.6 Å². The lowest BCUT2D eigenvalue weighted by Crippen LogP contribution is -2.19.